The van der Waals surface area contributed by atoms with Crippen LogP contribution in [0, 0.1) is 0 Å². The molecule has 0 saturated heterocycles. The van der Waals surface area contributed by atoms with Gasteiger partial charge in [-0.25, -0.2) is 0 Å². The van der Waals surface area contributed by atoms with Gasteiger partial charge in [0.25, 0.3) is 0 Å². The molecule has 0 aromatic rings. The molecule has 0 bridgehead atoms. The minimum absolute atomic E-state index is 0. The van der Waals surface area contributed by atoms with E-state index in [0.29, 0.717) is 6.42 Å². The first-order chi connectivity index (χ1) is 3.27. The monoisotopic (exact) mass is 164 g/mol. The topological polar surface area (TPSA) is 63.9 Å². The van der Waals surface area contributed by atoms with E-state index >= 15 is 0 Å². The van der Waals surface area contributed by atoms with Crippen molar-refractivity contribution in [3.63, 3.8) is 0 Å². The van der Waals surface area contributed by atoms with Crippen molar-refractivity contribution >= 4 is 5.97 Å². The average Bonchev–Trinajstić information content (AvgIpc) is 1.61. The molecule has 0 saturated carbocycles. The van der Waals surface area contributed by atoms with Crippen LogP contribution < -0.4 is 5.11 Å². The summed E-state index contributed by atoms with van der Waals surface area (Å²) in [4.78, 5) is 9.56. The molecule has 0 spiro atoms. The molecule has 0 amide bonds. The van der Waals surface area contributed by atoms with Gasteiger partial charge in [-0.15, -0.1) is 0 Å². The van der Waals surface area contributed by atoms with Gasteiger partial charge in [0.05, 0.1) is 0 Å². The molecule has 1 radical (unpaired) electrons. The van der Waals surface area contributed by atoms with Gasteiger partial charge in [-0.2, -0.15) is 6.54 Å². The van der Waals surface area contributed by atoms with Gasteiger partial charge >= 0.3 is 17.1 Å². The number of hydrogen-bond acceptors (Lipinski definition) is 2. The van der Waals surface area contributed by atoms with Gasteiger partial charge in [0, 0.05) is 5.97 Å². The normalized spacial score (nSPS) is 7.62. The van der Waals surface area contributed by atoms with Crippen molar-refractivity contribution in [2.75, 3.05) is 6.54 Å². The van der Waals surface area contributed by atoms with Gasteiger partial charge in [0.2, 0.25) is 0 Å². The molecule has 0 aromatic heterocycles. The zero-order chi connectivity index (χ0) is 5.70. The maximum atomic E-state index is 9.56. The van der Waals surface area contributed by atoms with E-state index in [1.165, 1.54) is 0 Å². The molecule has 0 heterocycles. The smallest absolute Gasteiger partial charge is 0.677 e. The minimum atomic E-state index is -1.06. The summed E-state index contributed by atoms with van der Waals surface area (Å²) >= 11 is 0. The minimum Gasteiger partial charge on any atom is -0.677 e. The van der Waals surface area contributed by atoms with Crippen LogP contribution in [0.3, 0.4) is 0 Å². The van der Waals surface area contributed by atoms with Crippen molar-refractivity contribution < 1.29 is 27.0 Å². The molecule has 0 atom stereocenters. The van der Waals surface area contributed by atoms with Crippen molar-refractivity contribution in [2.24, 2.45) is 0 Å². The zero-order valence-electron chi connectivity index (χ0n) is 4.24. The third-order valence-electron chi connectivity index (χ3n) is 0.558. The molecule has 4 heteroatoms. The number of carboxylic acid groups (broad SMARTS) is 1. The Balaban J connectivity index is 0. The van der Waals surface area contributed by atoms with E-state index in [-0.39, 0.29) is 30.0 Å². The second kappa shape index (κ2) is 6.95. The molecule has 0 aromatic carbocycles. The van der Waals surface area contributed by atoms with Gasteiger partial charge in [-0.3, -0.25) is 0 Å². The second-order valence-corrected chi connectivity index (χ2v) is 1.23. The number of rotatable bonds is 3. The number of carbonyl (C=O) groups excluding carboxylic acids is 1. The number of aliphatic carboxylic acids is 1. The van der Waals surface area contributed by atoms with Gasteiger partial charge < -0.3 is 15.6 Å². The van der Waals surface area contributed by atoms with E-state index < -0.39 is 5.97 Å². The molecular formula is C4H7CuNO2. The first-order valence-corrected chi connectivity index (χ1v) is 2.12. The molecule has 1 N–H and O–H groups in total. The number of hydrogen-bond donors (Lipinski definition) is 0. The summed E-state index contributed by atoms with van der Waals surface area (Å²) in [6, 6.07) is 0. The Bertz CT molecular complexity index is 67.1. The van der Waals surface area contributed by atoms with Crippen LogP contribution in [0.15, 0.2) is 0 Å². The van der Waals surface area contributed by atoms with E-state index in [1.807, 2.05) is 0 Å². The van der Waals surface area contributed by atoms with Gasteiger partial charge in [-0.05, 0) is 6.42 Å². The Morgan fingerprint density at radius 3 is 2.25 bits per heavy atom. The van der Waals surface area contributed by atoms with Crippen LogP contribution >= 0.6 is 0 Å². The molecule has 0 fully saturated rings. The predicted octanol–water partition coefficient (Wildman–Crippen LogP) is -0.434. The van der Waals surface area contributed by atoms with Gasteiger partial charge in [-0.1, -0.05) is 6.42 Å². The first kappa shape index (κ1) is 10.8. The number of carbonyl (C=O) groups is 1. The number of carboxylic acids is 1. The maximum absolute atomic E-state index is 9.56. The molecular weight excluding hydrogens is 158 g/mol. The first-order valence-electron chi connectivity index (χ1n) is 2.12. The third-order valence-corrected chi connectivity index (χ3v) is 0.558. The fourth-order valence-corrected chi connectivity index (χ4v) is 0.233. The molecule has 0 unspecified atom stereocenters. The zero-order valence-corrected chi connectivity index (χ0v) is 5.18. The second-order valence-electron chi connectivity index (χ2n) is 1.23. The summed E-state index contributed by atoms with van der Waals surface area (Å²) in [6.07, 6.45) is 0.422. The Kier molecular flexibility index (Phi) is 9.42. The summed E-state index contributed by atoms with van der Waals surface area (Å²) < 4.78 is 0. The van der Waals surface area contributed by atoms with E-state index in [9.17, 15) is 9.90 Å². The SMILES string of the molecule is [Cu+2].[NH-]CCCC(=O)[O-]. The van der Waals surface area contributed by atoms with Crippen molar-refractivity contribution in [1.29, 1.82) is 0 Å². The van der Waals surface area contributed by atoms with Gasteiger partial charge in [0.15, 0.2) is 0 Å². The number of nitrogens with one attached hydrogen (secondary N) is 1. The molecule has 0 aliphatic heterocycles. The summed E-state index contributed by atoms with van der Waals surface area (Å²) in [6.45, 7) is 0.175. The summed E-state index contributed by atoms with van der Waals surface area (Å²) in [5.41, 5.74) is 6.50. The van der Waals surface area contributed by atoms with E-state index in [4.69, 9.17) is 5.73 Å². The maximum Gasteiger partial charge on any atom is 2.00 e. The molecule has 0 aliphatic rings. The van der Waals surface area contributed by atoms with E-state index in [1.54, 1.807) is 0 Å². The largest absolute Gasteiger partial charge is 2.00 e. The quantitative estimate of drug-likeness (QED) is 0.532. The Hall–Kier alpha value is -0.0505. The van der Waals surface area contributed by atoms with Crippen LogP contribution in [0.2, 0.25) is 0 Å². The fourth-order valence-electron chi connectivity index (χ4n) is 0.233. The van der Waals surface area contributed by atoms with E-state index in [0.717, 1.165) is 0 Å². The van der Waals surface area contributed by atoms with Crippen molar-refractivity contribution in [1.82, 2.24) is 0 Å². The molecule has 3 nitrogen and oxygen atoms in total. The average molecular weight is 165 g/mol. The Labute approximate surface area is 58.7 Å². The van der Waals surface area contributed by atoms with E-state index in [2.05, 4.69) is 0 Å². The van der Waals surface area contributed by atoms with Gasteiger partial charge in [0.1, 0.15) is 0 Å². The molecule has 0 rings (SSSR count). The Morgan fingerprint density at radius 2 is 2.12 bits per heavy atom. The van der Waals surface area contributed by atoms with Crippen LogP contribution in [0.1, 0.15) is 12.8 Å². The van der Waals surface area contributed by atoms with Crippen molar-refractivity contribution in [2.45, 2.75) is 12.8 Å². The molecule has 8 heavy (non-hydrogen) atoms. The van der Waals surface area contributed by atoms with Crippen molar-refractivity contribution in [3.05, 3.63) is 5.73 Å². The van der Waals surface area contributed by atoms with Crippen LogP contribution in [-0.4, -0.2) is 12.5 Å². The van der Waals surface area contributed by atoms with Crippen molar-refractivity contribution in [3.8, 4) is 0 Å². The fraction of sp³-hybridized carbons (Fsp3) is 0.750. The summed E-state index contributed by atoms with van der Waals surface area (Å²) in [5.74, 6) is -1.06. The van der Waals surface area contributed by atoms with Crippen LogP contribution in [0.25, 0.3) is 5.73 Å². The van der Waals surface area contributed by atoms with Crippen LogP contribution in [0.5, 0.6) is 0 Å². The van der Waals surface area contributed by atoms with Crippen LogP contribution in [-0.2, 0) is 21.9 Å². The predicted molar refractivity (Wildman–Crippen MR) is 23.4 cm³/mol. The molecule has 51 valence electrons. The molecule has 0 aliphatic carbocycles. The third kappa shape index (κ3) is 9.34. The standard InChI is InChI=1S/C4H8NO2.Cu/c5-3-1-2-4(6)7;/h5H,1-3H2,(H,6,7);/q-1;+2/p-1. The summed E-state index contributed by atoms with van der Waals surface area (Å²) in [5, 5.41) is 9.56. The summed E-state index contributed by atoms with van der Waals surface area (Å²) in [7, 11) is 0. The van der Waals surface area contributed by atoms with Crippen LogP contribution in [0.4, 0.5) is 0 Å². The Morgan fingerprint density at radius 1 is 1.62 bits per heavy atom.